The largest absolute Gasteiger partial charge is 0.379 e. The predicted molar refractivity (Wildman–Crippen MR) is 97.3 cm³/mol. The highest BCUT2D eigenvalue weighted by Gasteiger charge is 2.25. The lowest BCUT2D eigenvalue weighted by atomic mass is 9.91. The predicted octanol–water partition coefficient (Wildman–Crippen LogP) is 2.43. The van der Waals surface area contributed by atoms with Crippen molar-refractivity contribution in [1.29, 1.82) is 0 Å². The van der Waals surface area contributed by atoms with E-state index >= 15 is 0 Å². The van der Waals surface area contributed by atoms with E-state index in [0.717, 1.165) is 57.5 Å². The molecular weight excluding hydrogens is 300 g/mol. The molecule has 0 aliphatic carbocycles. The lowest BCUT2D eigenvalue weighted by Crippen LogP contribution is -2.45. The van der Waals surface area contributed by atoms with Crippen LogP contribution in [0.15, 0.2) is 24.4 Å². The van der Waals surface area contributed by atoms with Gasteiger partial charge < -0.3 is 9.14 Å². The summed E-state index contributed by atoms with van der Waals surface area (Å²) in [5.74, 6) is 1.06. The van der Waals surface area contributed by atoms with Gasteiger partial charge in [0.05, 0.1) is 24.4 Å². The smallest absolute Gasteiger partial charge is 0.110 e. The van der Waals surface area contributed by atoms with E-state index in [4.69, 9.17) is 9.72 Å². The minimum Gasteiger partial charge on any atom is -0.379 e. The molecule has 0 amide bonds. The van der Waals surface area contributed by atoms with Gasteiger partial charge in [-0.2, -0.15) is 0 Å². The zero-order valence-electron chi connectivity index (χ0n) is 15.5. The van der Waals surface area contributed by atoms with E-state index in [0.29, 0.717) is 0 Å². The third kappa shape index (κ3) is 4.15. The number of pyridine rings is 1. The van der Waals surface area contributed by atoms with Crippen LogP contribution in [0.4, 0.5) is 0 Å². The zero-order chi connectivity index (χ0) is 17.2. The van der Waals surface area contributed by atoms with Gasteiger partial charge in [-0.3, -0.25) is 9.80 Å². The molecule has 2 aromatic rings. The van der Waals surface area contributed by atoms with Crippen molar-refractivity contribution in [3.63, 3.8) is 0 Å². The number of rotatable bonds is 6. The van der Waals surface area contributed by atoms with Gasteiger partial charge in [-0.15, -0.1) is 0 Å². The van der Waals surface area contributed by atoms with Gasteiger partial charge in [-0.05, 0) is 31.5 Å². The molecule has 0 radical (unpaired) electrons. The van der Waals surface area contributed by atoms with Gasteiger partial charge in [-0.25, -0.2) is 4.98 Å². The van der Waals surface area contributed by atoms with Crippen LogP contribution in [0, 0.1) is 12.3 Å². The normalized spacial score (nSPS) is 17.0. The van der Waals surface area contributed by atoms with E-state index in [1.54, 1.807) is 0 Å². The maximum absolute atomic E-state index is 5.45. The molecule has 0 spiro atoms. The maximum atomic E-state index is 5.45. The summed E-state index contributed by atoms with van der Waals surface area (Å²) in [6.45, 7) is 13.7. The molecular formula is C19H30N4O. The first-order valence-electron chi connectivity index (χ1n) is 8.86. The Morgan fingerprint density at radius 3 is 2.75 bits per heavy atom. The van der Waals surface area contributed by atoms with Gasteiger partial charge in [0, 0.05) is 38.9 Å². The van der Waals surface area contributed by atoms with Crippen LogP contribution in [-0.4, -0.2) is 65.6 Å². The molecule has 132 valence electrons. The molecule has 1 saturated heterocycles. The van der Waals surface area contributed by atoms with Gasteiger partial charge >= 0.3 is 0 Å². The van der Waals surface area contributed by atoms with Crippen LogP contribution in [0.1, 0.15) is 25.4 Å². The Morgan fingerprint density at radius 2 is 2.00 bits per heavy atom. The lowest BCUT2D eigenvalue weighted by Gasteiger charge is -2.37. The summed E-state index contributed by atoms with van der Waals surface area (Å²) < 4.78 is 7.62. The number of aryl methyl sites for hydroxylation is 1. The van der Waals surface area contributed by atoms with E-state index in [1.807, 2.05) is 0 Å². The van der Waals surface area contributed by atoms with Crippen LogP contribution in [0.2, 0.25) is 0 Å². The van der Waals surface area contributed by atoms with E-state index < -0.39 is 0 Å². The molecule has 5 heteroatoms. The highest BCUT2D eigenvalue weighted by atomic mass is 16.5. The van der Waals surface area contributed by atoms with Crippen LogP contribution in [-0.2, 0) is 11.3 Å². The molecule has 3 heterocycles. The Morgan fingerprint density at radius 1 is 1.25 bits per heavy atom. The summed E-state index contributed by atoms with van der Waals surface area (Å²) >= 11 is 0. The third-order valence-corrected chi connectivity index (χ3v) is 4.67. The number of hydrogen-bond acceptors (Lipinski definition) is 4. The average Bonchev–Trinajstić information content (AvgIpc) is 2.84. The second kappa shape index (κ2) is 7.21. The van der Waals surface area contributed by atoms with Crippen molar-refractivity contribution in [3.8, 4) is 0 Å². The first kappa shape index (κ1) is 17.4. The van der Waals surface area contributed by atoms with Gasteiger partial charge in [-0.1, -0.05) is 19.9 Å². The van der Waals surface area contributed by atoms with Crippen molar-refractivity contribution < 1.29 is 4.74 Å². The van der Waals surface area contributed by atoms with Gasteiger partial charge in [0.1, 0.15) is 5.82 Å². The number of imidazole rings is 1. The van der Waals surface area contributed by atoms with Crippen molar-refractivity contribution in [3.05, 3.63) is 35.9 Å². The molecule has 0 atom stereocenters. The SMILES string of the molecule is Cc1nc(CN(C)CC(C)(C)CN2CCOCC2)c2ccccn12. The van der Waals surface area contributed by atoms with Gasteiger partial charge in [0.15, 0.2) is 0 Å². The zero-order valence-corrected chi connectivity index (χ0v) is 15.5. The summed E-state index contributed by atoms with van der Waals surface area (Å²) in [6.07, 6.45) is 2.09. The molecule has 1 aliphatic rings. The molecule has 1 aliphatic heterocycles. The number of hydrogen-bond donors (Lipinski definition) is 0. The fraction of sp³-hybridized carbons (Fsp3) is 0.632. The van der Waals surface area contributed by atoms with Crippen molar-refractivity contribution in [1.82, 2.24) is 19.2 Å². The second-order valence-electron chi connectivity index (χ2n) is 7.79. The molecule has 2 aromatic heterocycles. The number of aromatic nitrogens is 2. The fourth-order valence-electron chi connectivity index (χ4n) is 3.84. The quantitative estimate of drug-likeness (QED) is 0.814. The van der Waals surface area contributed by atoms with Crippen molar-refractivity contribution in [2.24, 2.45) is 5.41 Å². The summed E-state index contributed by atoms with van der Waals surface area (Å²) in [5.41, 5.74) is 2.63. The van der Waals surface area contributed by atoms with Crippen LogP contribution >= 0.6 is 0 Å². The van der Waals surface area contributed by atoms with Crippen molar-refractivity contribution in [2.75, 3.05) is 46.4 Å². The van der Waals surface area contributed by atoms with E-state index in [9.17, 15) is 0 Å². The topological polar surface area (TPSA) is 33.0 Å². The molecule has 5 nitrogen and oxygen atoms in total. The molecule has 24 heavy (non-hydrogen) atoms. The number of fused-ring (bicyclic) bond motifs is 1. The summed E-state index contributed by atoms with van der Waals surface area (Å²) in [5, 5.41) is 0. The monoisotopic (exact) mass is 330 g/mol. The second-order valence-corrected chi connectivity index (χ2v) is 7.79. The van der Waals surface area contributed by atoms with Gasteiger partial charge in [0.25, 0.3) is 0 Å². The summed E-state index contributed by atoms with van der Waals surface area (Å²) in [7, 11) is 2.20. The minimum atomic E-state index is 0.247. The molecule has 0 saturated carbocycles. The number of ether oxygens (including phenoxy) is 1. The Hall–Kier alpha value is -1.43. The molecule has 3 rings (SSSR count). The number of nitrogens with zero attached hydrogens (tertiary/aromatic N) is 4. The Balaban J connectivity index is 1.62. The molecule has 0 bridgehead atoms. The van der Waals surface area contributed by atoms with Crippen molar-refractivity contribution >= 4 is 5.52 Å². The maximum Gasteiger partial charge on any atom is 0.110 e. The van der Waals surface area contributed by atoms with Crippen LogP contribution < -0.4 is 0 Å². The first-order chi connectivity index (χ1) is 11.4. The van der Waals surface area contributed by atoms with Gasteiger partial charge in [0.2, 0.25) is 0 Å². The van der Waals surface area contributed by atoms with E-state index in [2.05, 4.69) is 66.4 Å². The number of morpholine rings is 1. The van der Waals surface area contributed by atoms with E-state index in [-0.39, 0.29) is 5.41 Å². The van der Waals surface area contributed by atoms with Crippen molar-refractivity contribution in [2.45, 2.75) is 27.3 Å². The van der Waals surface area contributed by atoms with E-state index in [1.165, 1.54) is 5.52 Å². The third-order valence-electron chi connectivity index (χ3n) is 4.67. The lowest BCUT2D eigenvalue weighted by molar-refractivity contribution is 0.0161. The summed E-state index contributed by atoms with van der Waals surface area (Å²) in [4.78, 5) is 9.69. The molecule has 1 fully saturated rings. The standard InChI is InChI=1S/C19H30N4O/c1-16-20-17(18-7-5-6-8-23(16)18)13-21(4)14-19(2,3)15-22-9-11-24-12-10-22/h5-8H,9-15H2,1-4H3. The highest BCUT2D eigenvalue weighted by Crippen LogP contribution is 2.21. The fourth-order valence-corrected chi connectivity index (χ4v) is 3.84. The molecule has 0 N–H and O–H groups in total. The van der Waals surface area contributed by atoms with Crippen LogP contribution in [0.25, 0.3) is 5.52 Å². The van der Waals surface area contributed by atoms with Crippen LogP contribution in [0.3, 0.4) is 0 Å². The first-order valence-corrected chi connectivity index (χ1v) is 8.86. The minimum absolute atomic E-state index is 0.247. The highest BCUT2D eigenvalue weighted by molar-refractivity contribution is 5.52. The Labute approximate surface area is 145 Å². The van der Waals surface area contributed by atoms with Crippen LogP contribution in [0.5, 0.6) is 0 Å². The Kier molecular flexibility index (Phi) is 5.23. The average molecular weight is 330 g/mol. The Bertz CT molecular complexity index is 673. The summed E-state index contributed by atoms with van der Waals surface area (Å²) in [6, 6.07) is 6.30. The molecule has 0 unspecified atom stereocenters. The molecule has 0 aromatic carbocycles.